The lowest BCUT2D eigenvalue weighted by atomic mass is 9.88. The number of ether oxygens (including phenoxy) is 1. The zero-order valence-corrected chi connectivity index (χ0v) is 19.6. The molecule has 5 heteroatoms. The van der Waals surface area contributed by atoms with Crippen LogP contribution in [0.2, 0.25) is 0 Å². The van der Waals surface area contributed by atoms with E-state index < -0.39 is 0 Å². The van der Waals surface area contributed by atoms with Gasteiger partial charge in [-0.3, -0.25) is 9.59 Å². The van der Waals surface area contributed by atoms with Crippen molar-refractivity contribution >= 4 is 11.8 Å². The minimum Gasteiger partial charge on any atom is -0.497 e. The summed E-state index contributed by atoms with van der Waals surface area (Å²) in [6, 6.07) is 16.2. The Morgan fingerprint density at radius 2 is 1.52 bits per heavy atom. The molecule has 5 nitrogen and oxygen atoms in total. The van der Waals surface area contributed by atoms with Gasteiger partial charge >= 0.3 is 0 Å². The SMILES string of the molecule is COc1ccc(C2(C(=O)N3CCC(Cc4ccc(C(=O)N5CCCC5)cc4)CC3)CC2)cc1. The molecule has 2 aromatic carbocycles. The van der Waals surface area contributed by atoms with Crippen molar-refractivity contribution in [3.05, 3.63) is 65.2 Å². The van der Waals surface area contributed by atoms with E-state index in [1.54, 1.807) is 7.11 Å². The predicted octanol–water partition coefficient (Wildman–Crippen LogP) is 4.44. The third-order valence-electron chi connectivity index (χ3n) is 7.82. The molecule has 2 aliphatic heterocycles. The molecule has 2 amide bonds. The lowest BCUT2D eigenvalue weighted by molar-refractivity contribution is -0.135. The molecular weight excluding hydrogens is 412 g/mol. The van der Waals surface area contributed by atoms with Crippen LogP contribution in [0.25, 0.3) is 0 Å². The number of methoxy groups -OCH3 is 1. The van der Waals surface area contributed by atoms with Gasteiger partial charge in [-0.25, -0.2) is 0 Å². The summed E-state index contributed by atoms with van der Waals surface area (Å²) in [5, 5.41) is 0. The molecule has 0 N–H and O–H groups in total. The van der Waals surface area contributed by atoms with Crippen LogP contribution in [0.1, 0.15) is 60.0 Å². The molecule has 0 radical (unpaired) electrons. The van der Waals surface area contributed by atoms with Gasteiger partial charge in [-0.15, -0.1) is 0 Å². The normalized spacial score (nSPS) is 20.0. The summed E-state index contributed by atoms with van der Waals surface area (Å²) in [4.78, 5) is 30.0. The Bertz CT molecular complexity index is 981. The average molecular weight is 447 g/mol. The summed E-state index contributed by atoms with van der Waals surface area (Å²) in [6.45, 7) is 3.45. The monoisotopic (exact) mass is 446 g/mol. The van der Waals surface area contributed by atoms with Crippen LogP contribution < -0.4 is 4.74 Å². The van der Waals surface area contributed by atoms with Gasteiger partial charge in [0.25, 0.3) is 5.91 Å². The van der Waals surface area contributed by atoms with Crippen molar-refractivity contribution in [2.24, 2.45) is 5.92 Å². The Labute approximate surface area is 196 Å². The average Bonchev–Trinajstić information content (AvgIpc) is 3.49. The summed E-state index contributed by atoms with van der Waals surface area (Å²) in [5.74, 6) is 1.88. The van der Waals surface area contributed by atoms with Gasteiger partial charge in [0.1, 0.15) is 5.75 Å². The number of rotatable bonds is 6. The largest absolute Gasteiger partial charge is 0.497 e. The van der Waals surface area contributed by atoms with E-state index in [2.05, 4.69) is 29.2 Å². The second-order valence-electron chi connectivity index (χ2n) is 9.95. The van der Waals surface area contributed by atoms with E-state index in [0.717, 1.165) is 88.0 Å². The number of carbonyl (C=O) groups is 2. The molecule has 0 spiro atoms. The second-order valence-corrected chi connectivity index (χ2v) is 9.95. The van der Waals surface area contributed by atoms with Gasteiger partial charge in [0, 0.05) is 31.7 Å². The minimum atomic E-state index is -0.309. The fourth-order valence-electron chi connectivity index (χ4n) is 5.52. The number of piperidine rings is 1. The van der Waals surface area contributed by atoms with E-state index in [0.29, 0.717) is 11.8 Å². The Kier molecular flexibility index (Phi) is 6.13. The van der Waals surface area contributed by atoms with Crippen LogP contribution >= 0.6 is 0 Å². The van der Waals surface area contributed by atoms with Crippen molar-refractivity contribution < 1.29 is 14.3 Å². The summed E-state index contributed by atoms with van der Waals surface area (Å²) < 4.78 is 5.27. The van der Waals surface area contributed by atoms with Gasteiger partial charge in [-0.05, 0) is 86.3 Å². The van der Waals surface area contributed by atoms with Crippen molar-refractivity contribution in [3.63, 3.8) is 0 Å². The highest BCUT2D eigenvalue weighted by Gasteiger charge is 2.53. The highest BCUT2D eigenvalue weighted by atomic mass is 16.5. The molecule has 5 rings (SSSR count). The Morgan fingerprint density at radius 1 is 0.879 bits per heavy atom. The summed E-state index contributed by atoms with van der Waals surface area (Å²) in [5.41, 5.74) is 2.90. The number of hydrogen-bond donors (Lipinski definition) is 0. The van der Waals surface area contributed by atoms with E-state index in [1.807, 2.05) is 29.2 Å². The Morgan fingerprint density at radius 3 is 2.09 bits per heavy atom. The van der Waals surface area contributed by atoms with Crippen LogP contribution in [0.15, 0.2) is 48.5 Å². The maximum Gasteiger partial charge on any atom is 0.253 e. The highest BCUT2D eigenvalue weighted by Crippen LogP contribution is 2.50. The maximum absolute atomic E-state index is 13.4. The molecule has 2 saturated heterocycles. The molecule has 3 aliphatic rings. The predicted molar refractivity (Wildman–Crippen MR) is 128 cm³/mol. The van der Waals surface area contributed by atoms with Crippen molar-refractivity contribution in [1.29, 1.82) is 0 Å². The number of hydrogen-bond acceptors (Lipinski definition) is 3. The first kappa shape index (κ1) is 22.0. The van der Waals surface area contributed by atoms with Crippen molar-refractivity contribution in [3.8, 4) is 5.75 Å². The zero-order valence-electron chi connectivity index (χ0n) is 19.6. The van der Waals surface area contributed by atoms with Crippen molar-refractivity contribution in [1.82, 2.24) is 9.80 Å². The summed E-state index contributed by atoms with van der Waals surface area (Å²) >= 11 is 0. The summed E-state index contributed by atoms with van der Waals surface area (Å²) in [7, 11) is 1.67. The van der Waals surface area contributed by atoms with Gasteiger partial charge in [-0.2, -0.15) is 0 Å². The first-order chi connectivity index (χ1) is 16.1. The van der Waals surface area contributed by atoms with E-state index in [1.165, 1.54) is 5.56 Å². The zero-order chi connectivity index (χ0) is 22.8. The minimum absolute atomic E-state index is 0.164. The summed E-state index contributed by atoms with van der Waals surface area (Å²) in [6.07, 6.45) is 7.22. The highest BCUT2D eigenvalue weighted by molar-refractivity contribution is 5.94. The van der Waals surface area contributed by atoms with E-state index in [9.17, 15) is 9.59 Å². The third-order valence-corrected chi connectivity index (χ3v) is 7.82. The molecule has 174 valence electrons. The fourth-order valence-corrected chi connectivity index (χ4v) is 5.52. The third kappa shape index (κ3) is 4.50. The number of amides is 2. The molecule has 0 bridgehead atoms. The lowest BCUT2D eigenvalue weighted by Gasteiger charge is -2.34. The first-order valence-electron chi connectivity index (χ1n) is 12.4. The van der Waals surface area contributed by atoms with Gasteiger partial charge in [0.2, 0.25) is 5.91 Å². The molecule has 33 heavy (non-hydrogen) atoms. The number of benzene rings is 2. The first-order valence-corrected chi connectivity index (χ1v) is 12.4. The molecule has 0 atom stereocenters. The number of nitrogens with zero attached hydrogens (tertiary/aromatic N) is 2. The Hall–Kier alpha value is -2.82. The lowest BCUT2D eigenvalue weighted by Crippen LogP contribution is -2.44. The fraction of sp³-hybridized carbons (Fsp3) is 0.500. The molecule has 1 saturated carbocycles. The second kappa shape index (κ2) is 9.20. The van der Waals surface area contributed by atoms with Crippen LogP contribution in [0, 0.1) is 5.92 Å². The van der Waals surface area contributed by atoms with E-state index in [-0.39, 0.29) is 11.3 Å². The smallest absolute Gasteiger partial charge is 0.253 e. The number of carbonyl (C=O) groups excluding carboxylic acids is 2. The van der Waals surface area contributed by atoms with Gasteiger partial charge in [0.05, 0.1) is 12.5 Å². The quantitative estimate of drug-likeness (QED) is 0.659. The van der Waals surface area contributed by atoms with Crippen molar-refractivity contribution in [2.45, 2.75) is 50.4 Å². The number of likely N-dealkylation sites (tertiary alicyclic amines) is 2. The topological polar surface area (TPSA) is 49.9 Å². The van der Waals surface area contributed by atoms with Crippen LogP contribution in [0.4, 0.5) is 0 Å². The van der Waals surface area contributed by atoms with Crippen LogP contribution in [-0.4, -0.2) is 54.9 Å². The van der Waals surface area contributed by atoms with Gasteiger partial charge < -0.3 is 14.5 Å². The standard InChI is InChI=1S/C28H34N2O3/c1-33-25-10-8-24(9-11-25)28(14-15-28)27(32)30-18-12-22(13-19-30)20-21-4-6-23(7-5-21)26(31)29-16-2-3-17-29/h4-11,22H,2-3,12-20H2,1H3. The van der Waals surface area contributed by atoms with Gasteiger partial charge in [-0.1, -0.05) is 24.3 Å². The maximum atomic E-state index is 13.4. The van der Waals surface area contributed by atoms with Crippen LogP contribution in [-0.2, 0) is 16.6 Å². The molecule has 2 heterocycles. The molecule has 2 aromatic rings. The molecule has 0 unspecified atom stereocenters. The van der Waals surface area contributed by atoms with Crippen molar-refractivity contribution in [2.75, 3.05) is 33.3 Å². The Balaban J connectivity index is 1.14. The van der Waals surface area contributed by atoms with E-state index >= 15 is 0 Å². The molecular formula is C28H34N2O3. The molecule has 0 aromatic heterocycles. The molecule has 3 fully saturated rings. The van der Waals surface area contributed by atoms with Crippen LogP contribution in [0.5, 0.6) is 5.75 Å². The molecule has 1 aliphatic carbocycles. The van der Waals surface area contributed by atoms with E-state index in [4.69, 9.17) is 4.74 Å². The van der Waals surface area contributed by atoms with Crippen LogP contribution in [0.3, 0.4) is 0 Å². The van der Waals surface area contributed by atoms with Gasteiger partial charge in [0.15, 0.2) is 0 Å².